The van der Waals surface area contributed by atoms with E-state index in [1.165, 1.54) is 19.3 Å². The number of carbonyl (C=O) groups is 3. The second-order valence-corrected chi connectivity index (χ2v) is 17.2. The SMILES string of the molecule is CC(C)(C)NC(=O)[C@H]1CC[C@H]2CCCC[C@H]2N1C[C@@H]1C[C@H](c2ccc(CO)cc2)O[C@H](c2cccc(-c3cccc(CNC(=O)CCCCCC(=O)NO)c3)c2)O1. The van der Waals surface area contributed by atoms with Crippen molar-refractivity contribution in [2.75, 3.05) is 6.54 Å². The van der Waals surface area contributed by atoms with Crippen LogP contribution in [0.25, 0.3) is 11.1 Å². The summed E-state index contributed by atoms with van der Waals surface area (Å²) in [5.41, 5.74) is 7.09. The molecule has 1 aliphatic carbocycles. The molecule has 2 aliphatic heterocycles. The van der Waals surface area contributed by atoms with Crippen molar-refractivity contribution in [1.82, 2.24) is 21.0 Å². The predicted octanol–water partition coefficient (Wildman–Crippen LogP) is 7.40. The average Bonchev–Trinajstić information content (AvgIpc) is 3.22. The quantitative estimate of drug-likeness (QED) is 0.0609. The first-order valence-corrected chi connectivity index (χ1v) is 21.0. The van der Waals surface area contributed by atoms with E-state index in [9.17, 15) is 19.5 Å². The van der Waals surface area contributed by atoms with Crippen LogP contribution in [0.5, 0.6) is 0 Å². The fraction of sp³-hybridized carbons (Fsp3) is 0.543. The maximum Gasteiger partial charge on any atom is 0.243 e. The molecule has 6 atom stereocenters. The van der Waals surface area contributed by atoms with Gasteiger partial charge < -0.3 is 25.2 Å². The molecule has 308 valence electrons. The Kier molecular flexibility index (Phi) is 14.9. The molecule has 57 heavy (non-hydrogen) atoms. The number of aliphatic hydroxyl groups excluding tert-OH is 1. The first-order chi connectivity index (χ1) is 27.5. The van der Waals surface area contributed by atoms with Crippen LogP contribution in [0.2, 0.25) is 0 Å². The summed E-state index contributed by atoms with van der Waals surface area (Å²) in [7, 11) is 0. The molecule has 3 fully saturated rings. The number of ether oxygens (including phenoxy) is 2. The highest BCUT2D eigenvalue weighted by Gasteiger charge is 2.44. The molecule has 11 nitrogen and oxygen atoms in total. The lowest BCUT2D eigenvalue weighted by atomic mass is 9.75. The molecule has 0 bridgehead atoms. The Hall–Kier alpha value is -4.13. The zero-order valence-electron chi connectivity index (χ0n) is 33.9. The molecule has 3 aromatic carbocycles. The molecule has 3 aliphatic rings. The van der Waals surface area contributed by atoms with Crippen LogP contribution in [0.15, 0.2) is 72.8 Å². The summed E-state index contributed by atoms with van der Waals surface area (Å²) < 4.78 is 13.7. The third-order valence-electron chi connectivity index (χ3n) is 11.7. The van der Waals surface area contributed by atoms with E-state index in [0.717, 1.165) is 59.1 Å². The van der Waals surface area contributed by atoms with Crippen molar-refractivity contribution in [3.63, 3.8) is 0 Å². The fourth-order valence-corrected chi connectivity index (χ4v) is 8.81. The van der Waals surface area contributed by atoms with Crippen LogP contribution in [-0.2, 0) is 37.0 Å². The molecular formula is C46H62N4O7. The Morgan fingerprint density at radius 2 is 1.51 bits per heavy atom. The van der Waals surface area contributed by atoms with E-state index < -0.39 is 12.2 Å². The number of benzene rings is 3. The summed E-state index contributed by atoms with van der Waals surface area (Å²) in [6.07, 6.45) is 8.87. The van der Waals surface area contributed by atoms with Crippen LogP contribution < -0.4 is 16.1 Å². The number of nitrogens with zero attached hydrogens (tertiary/aromatic N) is 1. The van der Waals surface area contributed by atoms with E-state index in [0.29, 0.717) is 50.7 Å². The number of aliphatic hydroxyl groups is 1. The third kappa shape index (κ3) is 12.0. The van der Waals surface area contributed by atoms with Crippen molar-refractivity contribution in [2.24, 2.45) is 5.92 Å². The molecule has 2 saturated heterocycles. The summed E-state index contributed by atoms with van der Waals surface area (Å²) in [4.78, 5) is 40.1. The van der Waals surface area contributed by atoms with Gasteiger partial charge in [0.15, 0.2) is 6.29 Å². The van der Waals surface area contributed by atoms with Crippen molar-refractivity contribution in [2.45, 2.75) is 147 Å². The molecule has 0 aromatic heterocycles. The zero-order chi connectivity index (χ0) is 40.4. The Balaban J connectivity index is 1.18. The number of amides is 3. The number of nitrogens with one attached hydrogen (secondary N) is 3. The molecule has 2 heterocycles. The molecule has 1 saturated carbocycles. The van der Waals surface area contributed by atoms with Gasteiger partial charge in [-0.05, 0) is 105 Å². The summed E-state index contributed by atoms with van der Waals surface area (Å²) in [6.45, 7) is 7.15. The van der Waals surface area contributed by atoms with Gasteiger partial charge in [-0.1, -0.05) is 79.9 Å². The van der Waals surface area contributed by atoms with Crippen LogP contribution >= 0.6 is 0 Å². The Morgan fingerprint density at radius 3 is 2.25 bits per heavy atom. The molecule has 6 rings (SSSR count). The number of unbranched alkanes of at least 4 members (excludes halogenated alkanes) is 2. The van der Waals surface area contributed by atoms with Crippen LogP contribution in [0.1, 0.15) is 132 Å². The second-order valence-electron chi connectivity index (χ2n) is 17.2. The van der Waals surface area contributed by atoms with Gasteiger partial charge in [0.2, 0.25) is 17.7 Å². The first-order valence-electron chi connectivity index (χ1n) is 21.0. The summed E-state index contributed by atoms with van der Waals surface area (Å²) >= 11 is 0. The van der Waals surface area contributed by atoms with E-state index in [-0.39, 0.29) is 48.6 Å². The third-order valence-corrected chi connectivity index (χ3v) is 11.7. The van der Waals surface area contributed by atoms with Gasteiger partial charge in [-0.3, -0.25) is 24.5 Å². The lowest BCUT2D eigenvalue weighted by molar-refractivity contribution is -0.255. The van der Waals surface area contributed by atoms with Crippen molar-refractivity contribution >= 4 is 17.7 Å². The normalized spacial score (nSPS) is 23.9. The largest absolute Gasteiger partial charge is 0.392 e. The van der Waals surface area contributed by atoms with Gasteiger partial charge in [0, 0.05) is 49.5 Å². The van der Waals surface area contributed by atoms with Gasteiger partial charge in [-0.25, -0.2) is 5.48 Å². The average molecular weight is 783 g/mol. The van der Waals surface area contributed by atoms with Crippen LogP contribution in [-0.4, -0.2) is 63.2 Å². The van der Waals surface area contributed by atoms with Gasteiger partial charge in [-0.15, -0.1) is 0 Å². The van der Waals surface area contributed by atoms with Gasteiger partial charge in [0.05, 0.1) is 24.9 Å². The van der Waals surface area contributed by atoms with E-state index >= 15 is 0 Å². The number of hydrogen-bond donors (Lipinski definition) is 5. The van der Waals surface area contributed by atoms with Gasteiger partial charge in [-0.2, -0.15) is 0 Å². The lowest BCUT2D eigenvalue weighted by Gasteiger charge is -2.50. The molecule has 5 N–H and O–H groups in total. The highest BCUT2D eigenvalue weighted by Crippen LogP contribution is 2.42. The minimum atomic E-state index is -0.638. The van der Waals surface area contributed by atoms with E-state index in [2.05, 4.69) is 39.8 Å². The minimum absolute atomic E-state index is 0.0227. The molecule has 3 aromatic rings. The summed E-state index contributed by atoms with van der Waals surface area (Å²) in [6, 6.07) is 24.5. The zero-order valence-corrected chi connectivity index (χ0v) is 33.9. The van der Waals surface area contributed by atoms with E-state index in [1.807, 2.05) is 69.3 Å². The number of hydroxylamine groups is 1. The Bertz CT molecular complexity index is 1790. The number of likely N-dealkylation sites (tertiary alicyclic amines) is 1. The topological polar surface area (TPSA) is 149 Å². The van der Waals surface area contributed by atoms with Crippen molar-refractivity contribution < 1.29 is 34.2 Å². The van der Waals surface area contributed by atoms with Gasteiger partial charge in [0.25, 0.3) is 0 Å². The molecule has 0 unspecified atom stereocenters. The molecule has 3 amide bonds. The monoisotopic (exact) mass is 782 g/mol. The maximum absolute atomic E-state index is 13.9. The predicted molar refractivity (Wildman–Crippen MR) is 219 cm³/mol. The van der Waals surface area contributed by atoms with Crippen LogP contribution in [0.3, 0.4) is 0 Å². The lowest BCUT2D eigenvalue weighted by Crippen LogP contribution is -2.61. The number of hydrogen-bond acceptors (Lipinski definition) is 8. The van der Waals surface area contributed by atoms with Crippen LogP contribution in [0.4, 0.5) is 0 Å². The van der Waals surface area contributed by atoms with Crippen molar-refractivity contribution in [1.29, 1.82) is 0 Å². The number of carbonyl (C=O) groups excluding carboxylic acids is 3. The number of fused-ring (bicyclic) bond motifs is 1. The minimum Gasteiger partial charge on any atom is -0.392 e. The number of rotatable bonds is 15. The highest BCUT2D eigenvalue weighted by atomic mass is 16.7. The molecule has 0 radical (unpaired) electrons. The molecule has 11 heteroatoms. The Morgan fingerprint density at radius 1 is 0.789 bits per heavy atom. The molecular weight excluding hydrogens is 721 g/mol. The highest BCUT2D eigenvalue weighted by molar-refractivity contribution is 5.82. The van der Waals surface area contributed by atoms with Gasteiger partial charge in [0.1, 0.15) is 0 Å². The van der Waals surface area contributed by atoms with Crippen molar-refractivity contribution in [3.8, 4) is 11.1 Å². The standard InChI is InChI=1S/C46H62N4O7/c1-46(2,3)48-44(54)40-24-23-33-12-7-8-16-39(33)50(40)29-38-27-41(34-21-19-31(30-51)20-22-34)57-45(56-38)37-15-10-14-36(26-37)35-13-9-11-32(25-35)28-47-42(52)17-5-4-6-18-43(53)49-55/h9-11,13-15,19-22,25-26,33,38-41,45,51,55H,4-8,12,16-18,23-24,27-30H2,1-3H3,(H,47,52)(H,48,54)(H,49,53)/t33-,38+,39-,40-,41-,45-/m1/s1. The smallest absolute Gasteiger partial charge is 0.243 e. The number of piperidine rings is 1. The summed E-state index contributed by atoms with van der Waals surface area (Å²) in [5, 5.41) is 24.7. The molecule has 0 spiro atoms. The van der Waals surface area contributed by atoms with Crippen molar-refractivity contribution in [3.05, 3.63) is 95.1 Å². The Labute approximate surface area is 337 Å². The second kappa shape index (κ2) is 20.0. The first kappa shape index (κ1) is 42.5. The van der Waals surface area contributed by atoms with Gasteiger partial charge >= 0.3 is 0 Å². The maximum atomic E-state index is 13.9. The van der Waals surface area contributed by atoms with Crippen LogP contribution in [0, 0.1) is 5.92 Å². The fourth-order valence-electron chi connectivity index (χ4n) is 8.81. The van der Waals surface area contributed by atoms with E-state index in [4.69, 9.17) is 14.7 Å². The summed E-state index contributed by atoms with van der Waals surface area (Å²) in [5.74, 6) is 0.238. The van der Waals surface area contributed by atoms with E-state index in [1.54, 1.807) is 5.48 Å².